The summed E-state index contributed by atoms with van der Waals surface area (Å²) in [5.41, 5.74) is 1.77. The molecule has 1 aromatic rings. The Labute approximate surface area is 90.7 Å². The number of hydrogen-bond donors (Lipinski definition) is 0. The highest BCUT2D eigenvalue weighted by Gasteiger charge is 2.12. The van der Waals surface area contributed by atoms with Gasteiger partial charge in [-0.3, -0.25) is 4.79 Å². The molecule has 1 aromatic carbocycles. The van der Waals surface area contributed by atoms with Gasteiger partial charge in [-0.25, -0.2) is 0 Å². The van der Waals surface area contributed by atoms with Crippen LogP contribution < -0.4 is 0 Å². The quantitative estimate of drug-likeness (QED) is 0.752. The van der Waals surface area contributed by atoms with Crippen molar-refractivity contribution in [2.45, 2.75) is 6.92 Å². The van der Waals surface area contributed by atoms with Gasteiger partial charge in [0.1, 0.15) is 0 Å². The van der Waals surface area contributed by atoms with Crippen molar-refractivity contribution in [3.8, 4) is 0 Å². The van der Waals surface area contributed by atoms with Crippen LogP contribution in [0.3, 0.4) is 0 Å². The Kier molecular flexibility index (Phi) is 4.31. The van der Waals surface area contributed by atoms with Crippen LogP contribution in [0.1, 0.15) is 15.9 Å². The predicted octanol–water partition coefficient (Wildman–Crippen LogP) is 1.71. The molecule has 0 N–H and O–H groups in total. The lowest BCUT2D eigenvalue weighted by Gasteiger charge is -2.17. The van der Waals surface area contributed by atoms with Crippen LogP contribution in [0.5, 0.6) is 0 Å². The van der Waals surface area contributed by atoms with E-state index < -0.39 is 0 Å². The van der Waals surface area contributed by atoms with Crippen molar-refractivity contribution in [2.24, 2.45) is 0 Å². The molecule has 0 saturated carbocycles. The van der Waals surface area contributed by atoms with Crippen LogP contribution >= 0.6 is 0 Å². The van der Waals surface area contributed by atoms with Crippen LogP contribution in [-0.2, 0) is 4.74 Å². The summed E-state index contributed by atoms with van der Waals surface area (Å²) in [7, 11) is 3.42. The third-order valence-electron chi connectivity index (χ3n) is 2.35. The summed E-state index contributed by atoms with van der Waals surface area (Å²) in [6.45, 7) is 3.12. The van der Waals surface area contributed by atoms with Crippen molar-refractivity contribution in [3.05, 3.63) is 35.4 Å². The summed E-state index contributed by atoms with van der Waals surface area (Å²) in [6, 6.07) is 7.60. The van der Waals surface area contributed by atoms with Gasteiger partial charge in [-0.1, -0.05) is 18.2 Å². The topological polar surface area (TPSA) is 29.5 Å². The van der Waals surface area contributed by atoms with E-state index >= 15 is 0 Å². The number of rotatable bonds is 4. The Balaban J connectivity index is 2.72. The third kappa shape index (κ3) is 3.06. The van der Waals surface area contributed by atoms with Gasteiger partial charge in [-0.15, -0.1) is 0 Å². The molecule has 1 amide bonds. The Morgan fingerprint density at radius 1 is 1.40 bits per heavy atom. The third-order valence-corrected chi connectivity index (χ3v) is 2.35. The zero-order chi connectivity index (χ0) is 11.3. The van der Waals surface area contributed by atoms with Crippen molar-refractivity contribution >= 4 is 5.91 Å². The molecule has 15 heavy (non-hydrogen) atoms. The summed E-state index contributed by atoms with van der Waals surface area (Å²) in [4.78, 5) is 13.6. The van der Waals surface area contributed by atoms with Gasteiger partial charge >= 0.3 is 0 Å². The first kappa shape index (κ1) is 11.7. The number of likely N-dealkylation sites (N-methyl/N-ethyl adjacent to an activating group) is 1. The lowest BCUT2D eigenvalue weighted by molar-refractivity contribution is 0.0743. The monoisotopic (exact) mass is 207 g/mol. The Morgan fingerprint density at radius 2 is 2.07 bits per heavy atom. The lowest BCUT2D eigenvalue weighted by atomic mass is 10.1. The molecule has 3 heteroatoms. The molecule has 0 aromatic heterocycles. The molecule has 82 valence electrons. The van der Waals surface area contributed by atoms with Gasteiger partial charge in [0.15, 0.2) is 0 Å². The number of amides is 1. The largest absolute Gasteiger partial charge is 0.383 e. The first-order valence-electron chi connectivity index (χ1n) is 4.97. The average molecular weight is 207 g/mol. The molecule has 0 atom stereocenters. The zero-order valence-corrected chi connectivity index (χ0v) is 9.49. The second-order valence-electron chi connectivity index (χ2n) is 3.53. The van der Waals surface area contributed by atoms with E-state index in [-0.39, 0.29) is 5.91 Å². The molecule has 0 unspecified atom stereocenters. The van der Waals surface area contributed by atoms with Crippen molar-refractivity contribution in [1.29, 1.82) is 0 Å². The molecule has 0 heterocycles. The molecule has 0 saturated heterocycles. The van der Waals surface area contributed by atoms with Crippen molar-refractivity contribution in [1.82, 2.24) is 4.90 Å². The van der Waals surface area contributed by atoms with E-state index in [0.717, 1.165) is 11.1 Å². The van der Waals surface area contributed by atoms with E-state index in [0.29, 0.717) is 13.2 Å². The number of carbonyl (C=O) groups is 1. The van der Waals surface area contributed by atoms with Gasteiger partial charge in [0, 0.05) is 26.3 Å². The number of benzene rings is 1. The highest BCUT2D eigenvalue weighted by molar-refractivity contribution is 5.95. The first-order valence-corrected chi connectivity index (χ1v) is 4.97. The molecule has 0 aliphatic carbocycles. The lowest BCUT2D eigenvalue weighted by Crippen LogP contribution is -2.30. The normalized spacial score (nSPS) is 10.1. The highest BCUT2D eigenvalue weighted by atomic mass is 16.5. The zero-order valence-electron chi connectivity index (χ0n) is 9.49. The Hall–Kier alpha value is -1.35. The summed E-state index contributed by atoms with van der Waals surface area (Å²) < 4.78 is 4.93. The SMILES string of the molecule is COCCN(C)C(=O)c1ccccc1C. The van der Waals surface area contributed by atoms with Gasteiger partial charge in [0.05, 0.1) is 6.61 Å². The fourth-order valence-corrected chi connectivity index (χ4v) is 1.35. The molecule has 0 aliphatic rings. The highest BCUT2D eigenvalue weighted by Crippen LogP contribution is 2.09. The number of nitrogens with zero attached hydrogens (tertiary/aromatic N) is 1. The fourth-order valence-electron chi connectivity index (χ4n) is 1.35. The standard InChI is InChI=1S/C12H17NO2/c1-10-6-4-5-7-11(10)12(14)13(2)8-9-15-3/h4-7H,8-9H2,1-3H3. The van der Waals surface area contributed by atoms with E-state index in [1.54, 1.807) is 19.1 Å². The molecule has 0 aliphatic heterocycles. The maximum Gasteiger partial charge on any atom is 0.253 e. The maximum atomic E-state index is 11.9. The minimum Gasteiger partial charge on any atom is -0.383 e. The minimum atomic E-state index is 0.0464. The number of hydrogen-bond acceptors (Lipinski definition) is 2. The van der Waals surface area contributed by atoms with E-state index in [1.165, 1.54) is 0 Å². The van der Waals surface area contributed by atoms with E-state index in [4.69, 9.17) is 4.74 Å². The molecular formula is C12H17NO2. The molecular weight excluding hydrogens is 190 g/mol. The molecule has 0 bridgehead atoms. The van der Waals surface area contributed by atoms with E-state index in [2.05, 4.69) is 0 Å². The number of carbonyl (C=O) groups excluding carboxylic acids is 1. The Morgan fingerprint density at radius 3 is 2.67 bits per heavy atom. The minimum absolute atomic E-state index is 0.0464. The van der Waals surface area contributed by atoms with Gasteiger partial charge in [0.2, 0.25) is 0 Å². The molecule has 0 radical (unpaired) electrons. The van der Waals surface area contributed by atoms with Crippen LogP contribution in [0.2, 0.25) is 0 Å². The second kappa shape index (κ2) is 5.51. The molecule has 0 fully saturated rings. The van der Waals surface area contributed by atoms with Crippen molar-refractivity contribution < 1.29 is 9.53 Å². The van der Waals surface area contributed by atoms with Crippen molar-refractivity contribution in [3.63, 3.8) is 0 Å². The number of aryl methyl sites for hydroxylation is 1. The molecule has 3 nitrogen and oxygen atoms in total. The number of methoxy groups -OCH3 is 1. The van der Waals surface area contributed by atoms with Crippen LogP contribution in [0, 0.1) is 6.92 Å². The van der Waals surface area contributed by atoms with E-state index in [9.17, 15) is 4.79 Å². The van der Waals surface area contributed by atoms with Gasteiger partial charge in [-0.05, 0) is 18.6 Å². The van der Waals surface area contributed by atoms with Gasteiger partial charge < -0.3 is 9.64 Å². The Bertz CT molecular complexity index is 336. The van der Waals surface area contributed by atoms with Gasteiger partial charge in [0.25, 0.3) is 5.91 Å². The van der Waals surface area contributed by atoms with Crippen LogP contribution in [0.25, 0.3) is 0 Å². The summed E-state index contributed by atoms with van der Waals surface area (Å²) in [5.74, 6) is 0.0464. The summed E-state index contributed by atoms with van der Waals surface area (Å²) in [5, 5.41) is 0. The second-order valence-corrected chi connectivity index (χ2v) is 3.53. The van der Waals surface area contributed by atoms with Crippen LogP contribution in [-0.4, -0.2) is 38.1 Å². The van der Waals surface area contributed by atoms with Gasteiger partial charge in [-0.2, -0.15) is 0 Å². The van der Waals surface area contributed by atoms with E-state index in [1.807, 2.05) is 31.2 Å². The van der Waals surface area contributed by atoms with Crippen LogP contribution in [0.15, 0.2) is 24.3 Å². The van der Waals surface area contributed by atoms with Crippen LogP contribution in [0.4, 0.5) is 0 Å². The smallest absolute Gasteiger partial charge is 0.253 e. The molecule has 1 rings (SSSR count). The summed E-state index contributed by atoms with van der Waals surface area (Å²) in [6.07, 6.45) is 0. The summed E-state index contributed by atoms with van der Waals surface area (Å²) >= 11 is 0. The first-order chi connectivity index (χ1) is 7.16. The average Bonchev–Trinajstić information content (AvgIpc) is 2.25. The fraction of sp³-hybridized carbons (Fsp3) is 0.417. The van der Waals surface area contributed by atoms with Crippen molar-refractivity contribution in [2.75, 3.05) is 27.3 Å². The predicted molar refractivity (Wildman–Crippen MR) is 60.0 cm³/mol. The molecule has 0 spiro atoms. The maximum absolute atomic E-state index is 11.9. The number of ether oxygens (including phenoxy) is 1.